The van der Waals surface area contributed by atoms with E-state index in [1.807, 2.05) is 41.5 Å². The molecule has 0 bridgehead atoms. The predicted octanol–water partition coefficient (Wildman–Crippen LogP) is 2.29. The summed E-state index contributed by atoms with van der Waals surface area (Å²) < 4.78 is 0. The lowest BCUT2D eigenvalue weighted by Gasteiger charge is -2.34. The highest BCUT2D eigenvalue weighted by molar-refractivity contribution is 7.10. The second-order valence-electron chi connectivity index (χ2n) is 5.17. The number of carbonyl (C=O) groups excluding carboxylic acids is 1. The summed E-state index contributed by atoms with van der Waals surface area (Å²) in [5.41, 5.74) is 0.784. The van der Waals surface area contributed by atoms with Crippen LogP contribution in [0.1, 0.15) is 11.8 Å². The van der Waals surface area contributed by atoms with Gasteiger partial charge in [-0.05, 0) is 30.5 Å². The minimum Gasteiger partial charge on any atom is -0.337 e. The zero-order valence-corrected chi connectivity index (χ0v) is 13.3. The first-order valence-electron chi connectivity index (χ1n) is 7.27. The van der Waals surface area contributed by atoms with Gasteiger partial charge in [-0.25, -0.2) is 9.97 Å². The molecule has 0 radical (unpaired) electrons. The number of rotatable bonds is 3. The standard InChI is InChI=1S/C16H18N4OS/c1-13(12-14-4-2-11-22-14)15(21)19-7-9-20(10-8-19)16-17-5-3-6-18-16/h2-6,11-12H,7-10H2,1H3/b13-12+. The van der Waals surface area contributed by atoms with Crippen LogP contribution >= 0.6 is 11.3 Å². The number of anilines is 1. The van der Waals surface area contributed by atoms with Gasteiger partial charge in [0.05, 0.1) is 0 Å². The molecule has 0 aliphatic carbocycles. The molecule has 1 aliphatic heterocycles. The molecule has 6 heteroatoms. The number of amides is 1. The molecule has 0 aromatic carbocycles. The molecule has 5 nitrogen and oxygen atoms in total. The van der Waals surface area contributed by atoms with E-state index in [2.05, 4.69) is 14.9 Å². The van der Waals surface area contributed by atoms with Gasteiger partial charge < -0.3 is 9.80 Å². The Morgan fingerprint density at radius 2 is 1.91 bits per heavy atom. The highest BCUT2D eigenvalue weighted by Gasteiger charge is 2.23. The summed E-state index contributed by atoms with van der Waals surface area (Å²) in [6.07, 6.45) is 5.45. The van der Waals surface area contributed by atoms with Crippen LogP contribution in [0.4, 0.5) is 5.95 Å². The van der Waals surface area contributed by atoms with Gasteiger partial charge in [0.1, 0.15) is 0 Å². The third kappa shape index (κ3) is 3.33. The van der Waals surface area contributed by atoms with Crippen LogP contribution in [0.2, 0.25) is 0 Å². The molecule has 0 atom stereocenters. The maximum atomic E-state index is 12.5. The molecule has 1 saturated heterocycles. The molecule has 1 fully saturated rings. The topological polar surface area (TPSA) is 49.3 Å². The van der Waals surface area contributed by atoms with Crippen molar-refractivity contribution in [3.63, 3.8) is 0 Å². The first kappa shape index (κ1) is 14.7. The SMILES string of the molecule is C/C(=C\c1cccs1)C(=O)N1CCN(c2ncccn2)CC1. The van der Waals surface area contributed by atoms with Crippen molar-refractivity contribution < 1.29 is 4.79 Å². The van der Waals surface area contributed by atoms with Crippen LogP contribution in [0.25, 0.3) is 6.08 Å². The third-order valence-corrected chi connectivity index (χ3v) is 4.46. The van der Waals surface area contributed by atoms with E-state index in [0.29, 0.717) is 13.1 Å². The molecule has 2 aromatic heterocycles. The number of carbonyl (C=O) groups is 1. The van der Waals surface area contributed by atoms with Gasteiger partial charge in [-0.3, -0.25) is 4.79 Å². The minimum atomic E-state index is 0.113. The zero-order valence-electron chi connectivity index (χ0n) is 12.5. The fourth-order valence-electron chi connectivity index (χ4n) is 2.46. The van der Waals surface area contributed by atoms with Crippen molar-refractivity contribution in [2.75, 3.05) is 31.1 Å². The van der Waals surface area contributed by atoms with Crippen LogP contribution < -0.4 is 4.90 Å². The Bertz CT molecular complexity index is 646. The Kier molecular flexibility index (Phi) is 4.48. The van der Waals surface area contributed by atoms with E-state index < -0.39 is 0 Å². The summed E-state index contributed by atoms with van der Waals surface area (Å²) in [6.45, 7) is 4.82. The average Bonchev–Trinajstić information content (AvgIpc) is 3.08. The van der Waals surface area contributed by atoms with Gasteiger partial charge in [0, 0.05) is 49.0 Å². The van der Waals surface area contributed by atoms with Crippen LogP contribution in [-0.4, -0.2) is 47.0 Å². The molecule has 114 valence electrons. The normalized spacial score (nSPS) is 16.0. The predicted molar refractivity (Wildman–Crippen MR) is 88.8 cm³/mol. The van der Waals surface area contributed by atoms with E-state index in [1.165, 1.54) is 0 Å². The van der Waals surface area contributed by atoms with Crippen molar-refractivity contribution in [1.29, 1.82) is 0 Å². The number of aromatic nitrogens is 2. The van der Waals surface area contributed by atoms with Crippen molar-refractivity contribution in [2.24, 2.45) is 0 Å². The molecule has 3 rings (SSSR count). The molecular formula is C16H18N4OS. The molecule has 0 N–H and O–H groups in total. The van der Waals surface area contributed by atoms with Crippen molar-refractivity contribution in [2.45, 2.75) is 6.92 Å². The van der Waals surface area contributed by atoms with Crippen molar-refractivity contribution in [1.82, 2.24) is 14.9 Å². The first-order valence-corrected chi connectivity index (χ1v) is 8.15. The second-order valence-corrected chi connectivity index (χ2v) is 6.15. The summed E-state index contributed by atoms with van der Waals surface area (Å²) in [5, 5.41) is 2.02. The first-order chi connectivity index (χ1) is 10.7. The Hall–Kier alpha value is -2.21. The maximum Gasteiger partial charge on any atom is 0.249 e. The van der Waals surface area contributed by atoms with Crippen molar-refractivity contribution in [3.05, 3.63) is 46.4 Å². The fourth-order valence-corrected chi connectivity index (χ4v) is 3.18. The maximum absolute atomic E-state index is 12.5. The van der Waals surface area contributed by atoms with E-state index >= 15 is 0 Å². The average molecular weight is 314 g/mol. The van der Waals surface area contributed by atoms with Gasteiger partial charge in [-0.2, -0.15) is 0 Å². The van der Waals surface area contributed by atoms with Gasteiger partial charge in [-0.15, -0.1) is 11.3 Å². The minimum absolute atomic E-state index is 0.113. The van der Waals surface area contributed by atoms with Gasteiger partial charge in [0.25, 0.3) is 0 Å². The highest BCUT2D eigenvalue weighted by Crippen LogP contribution is 2.16. The summed E-state index contributed by atoms with van der Waals surface area (Å²) >= 11 is 1.64. The van der Waals surface area contributed by atoms with Crippen LogP contribution in [0.15, 0.2) is 41.5 Å². The van der Waals surface area contributed by atoms with E-state index in [1.54, 1.807) is 23.7 Å². The summed E-state index contributed by atoms with van der Waals surface area (Å²) in [4.78, 5) is 26.1. The quantitative estimate of drug-likeness (QED) is 0.816. The van der Waals surface area contributed by atoms with Crippen molar-refractivity contribution >= 4 is 29.3 Å². The monoisotopic (exact) mass is 314 g/mol. The molecule has 0 saturated carbocycles. The van der Waals surface area contributed by atoms with E-state index in [4.69, 9.17) is 0 Å². The van der Waals surface area contributed by atoms with Gasteiger partial charge in [-0.1, -0.05) is 6.07 Å². The van der Waals surface area contributed by atoms with E-state index in [-0.39, 0.29) is 5.91 Å². The Morgan fingerprint density at radius 1 is 1.18 bits per heavy atom. The summed E-state index contributed by atoms with van der Waals surface area (Å²) in [6, 6.07) is 5.82. The Balaban J connectivity index is 1.60. The number of thiophene rings is 1. The van der Waals surface area contributed by atoms with E-state index in [9.17, 15) is 4.79 Å². The number of nitrogens with zero attached hydrogens (tertiary/aromatic N) is 4. The van der Waals surface area contributed by atoms with E-state index in [0.717, 1.165) is 29.5 Å². The van der Waals surface area contributed by atoms with Crippen LogP contribution in [0.5, 0.6) is 0 Å². The molecular weight excluding hydrogens is 296 g/mol. The molecule has 3 heterocycles. The molecule has 22 heavy (non-hydrogen) atoms. The molecule has 0 spiro atoms. The lowest BCUT2D eigenvalue weighted by atomic mass is 10.2. The van der Waals surface area contributed by atoms with Gasteiger partial charge >= 0.3 is 0 Å². The smallest absolute Gasteiger partial charge is 0.249 e. The van der Waals surface area contributed by atoms with Crippen LogP contribution in [0.3, 0.4) is 0 Å². The lowest BCUT2D eigenvalue weighted by Crippen LogP contribution is -2.49. The zero-order chi connectivity index (χ0) is 15.4. The molecule has 0 unspecified atom stereocenters. The second kappa shape index (κ2) is 6.70. The fraction of sp³-hybridized carbons (Fsp3) is 0.312. The third-order valence-electron chi connectivity index (χ3n) is 3.64. The van der Waals surface area contributed by atoms with Gasteiger partial charge in [0.2, 0.25) is 11.9 Å². The van der Waals surface area contributed by atoms with Crippen molar-refractivity contribution in [3.8, 4) is 0 Å². The Labute approximate surface area is 133 Å². The lowest BCUT2D eigenvalue weighted by molar-refractivity contribution is -0.127. The number of hydrogen-bond acceptors (Lipinski definition) is 5. The molecule has 1 amide bonds. The highest BCUT2D eigenvalue weighted by atomic mass is 32.1. The Morgan fingerprint density at radius 3 is 2.55 bits per heavy atom. The van der Waals surface area contributed by atoms with Crippen LogP contribution in [0, 0.1) is 0 Å². The molecule has 2 aromatic rings. The van der Waals surface area contributed by atoms with Crippen LogP contribution in [-0.2, 0) is 4.79 Å². The summed E-state index contributed by atoms with van der Waals surface area (Å²) in [7, 11) is 0. The number of piperazine rings is 1. The summed E-state index contributed by atoms with van der Waals surface area (Å²) in [5.74, 6) is 0.850. The number of hydrogen-bond donors (Lipinski definition) is 0. The van der Waals surface area contributed by atoms with Gasteiger partial charge in [0.15, 0.2) is 0 Å². The largest absolute Gasteiger partial charge is 0.337 e. The molecule has 1 aliphatic rings.